The van der Waals surface area contributed by atoms with Crippen LogP contribution in [0.2, 0.25) is 0 Å². The first-order chi connectivity index (χ1) is 6.72. The minimum absolute atomic E-state index is 0.473. The molecule has 0 aromatic heterocycles. The lowest BCUT2D eigenvalue weighted by Gasteiger charge is -2.26. The van der Waals surface area contributed by atoms with Crippen LogP contribution in [-0.2, 0) is 4.74 Å². The Bertz CT molecular complexity index is 173. The molecule has 1 aliphatic heterocycles. The summed E-state index contributed by atoms with van der Waals surface area (Å²) in [6.07, 6.45) is 6.46. The summed E-state index contributed by atoms with van der Waals surface area (Å²) in [7, 11) is 2.02. The summed E-state index contributed by atoms with van der Waals surface area (Å²) < 4.78 is 5.72. The molecule has 2 atom stereocenters. The molecule has 1 rings (SSSR count). The van der Waals surface area contributed by atoms with Crippen molar-refractivity contribution in [1.29, 1.82) is 0 Å². The van der Waals surface area contributed by atoms with E-state index in [4.69, 9.17) is 4.74 Å². The van der Waals surface area contributed by atoms with Crippen molar-refractivity contribution in [3.63, 3.8) is 0 Å². The number of hydrogen-bond donors (Lipinski definition) is 1. The summed E-state index contributed by atoms with van der Waals surface area (Å²) >= 11 is 0. The van der Waals surface area contributed by atoms with Gasteiger partial charge in [-0.25, -0.2) is 0 Å². The molecular formula is C12H23NO. The highest BCUT2D eigenvalue weighted by Crippen LogP contribution is 2.19. The maximum Gasteiger partial charge on any atom is 0.0590 e. The van der Waals surface area contributed by atoms with Crippen LogP contribution in [0.3, 0.4) is 0 Å². The van der Waals surface area contributed by atoms with Gasteiger partial charge in [-0.05, 0) is 46.1 Å². The van der Waals surface area contributed by atoms with Crippen LogP contribution in [0.25, 0.3) is 0 Å². The molecule has 0 aliphatic carbocycles. The number of nitrogens with one attached hydrogen (secondary N) is 1. The molecule has 1 N–H and O–H groups in total. The van der Waals surface area contributed by atoms with Crippen molar-refractivity contribution in [3.8, 4) is 0 Å². The number of ether oxygens (including phenoxy) is 1. The Kier molecular flexibility index (Phi) is 5.20. The molecule has 82 valence electrons. The van der Waals surface area contributed by atoms with Crippen molar-refractivity contribution in [2.75, 3.05) is 13.7 Å². The Labute approximate surface area is 87.7 Å². The minimum Gasteiger partial charge on any atom is -0.378 e. The quantitative estimate of drug-likeness (QED) is 0.684. The third-order valence-corrected chi connectivity index (χ3v) is 2.82. The van der Waals surface area contributed by atoms with Gasteiger partial charge in [0.1, 0.15) is 0 Å². The summed E-state index contributed by atoms with van der Waals surface area (Å²) in [5.41, 5.74) is 1.25. The summed E-state index contributed by atoms with van der Waals surface area (Å²) in [5.74, 6) is 0. The molecule has 1 saturated heterocycles. The lowest BCUT2D eigenvalue weighted by molar-refractivity contribution is 0.00570. The van der Waals surface area contributed by atoms with Crippen LogP contribution in [-0.4, -0.2) is 25.8 Å². The van der Waals surface area contributed by atoms with Gasteiger partial charge in [0.2, 0.25) is 0 Å². The van der Waals surface area contributed by atoms with Crippen molar-refractivity contribution < 1.29 is 4.74 Å². The minimum atomic E-state index is 0.473. The lowest BCUT2D eigenvalue weighted by Crippen LogP contribution is -2.32. The van der Waals surface area contributed by atoms with Crippen LogP contribution in [0.15, 0.2) is 12.2 Å². The van der Waals surface area contributed by atoms with E-state index in [9.17, 15) is 0 Å². The van der Waals surface area contributed by atoms with Gasteiger partial charge in [-0.2, -0.15) is 0 Å². The predicted molar refractivity (Wildman–Crippen MR) is 60.5 cm³/mol. The Morgan fingerprint density at radius 1 is 1.57 bits per heavy atom. The van der Waals surface area contributed by atoms with Crippen LogP contribution in [0.4, 0.5) is 0 Å². The van der Waals surface area contributed by atoms with Gasteiger partial charge >= 0.3 is 0 Å². The van der Waals surface area contributed by atoms with Crippen LogP contribution >= 0.6 is 0 Å². The third-order valence-electron chi connectivity index (χ3n) is 2.82. The first-order valence-electron chi connectivity index (χ1n) is 5.65. The summed E-state index contributed by atoms with van der Waals surface area (Å²) in [6, 6.07) is 0.538. The van der Waals surface area contributed by atoms with Crippen molar-refractivity contribution in [2.45, 2.75) is 51.2 Å². The molecule has 0 amide bonds. The van der Waals surface area contributed by atoms with E-state index in [-0.39, 0.29) is 0 Å². The fraction of sp³-hybridized carbons (Fsp3) is 0.833. The molecule has 0 bridgehead atoms. The van der Waals surface area contributed by atoms with Crippen molar-refractivity contribution >= 4 is 0 Å². The molecule has 14 heavy (non-hydrogen) atoms. The monoisotopic (exact) mass is 197 g/mol. The molecule has 0 aromatic carbocycles. The van der Waals surface area contributed by atoms with Crippen LogP contribution in [0, 0.1) is 0 Å². The second kappa shape index (κ2) is 6.20. The molecule has 1 aliphatic rings. The fourth-order valence-electron chi connectivity index (χ4n) is 2.03. The molecule has 1 fully saturated rings. The van der Waals surface area contributed by atoms with E-state index in [2.05, 4.69) is 18.8 Å². The highest BCUT2D eigenvalue weighted by molar-refractivity contribution is 4.93. The maximum atomic E-state index is 5.72. The van der Waals surface area contributed by atoms with Crippen LogP contribution in [0.5, 0.6) is 0 Å². The van der Waals surface area contributed by atoms with Gasteiger partial charge in [0.25, 0.3) is 0 Å². The van der Waals surface area contributed by atoms with Crippen molar-refractivity contribution in [1.82, 2.24) is 5.32 Å². The van der Waals surface area contributed by atoms with Gasteiger partial charge in [-0.3, -0.25) is 0 Å². The Hall–Kier alpha value is -0.340. The van der Waals surface area contributed by atoms with E-state index in [1.807, 2.05) is 7.05 Å². The van der Waals surface area contributed by atoms with Crippen LogP contribution in [0.1, 0.15) is 39.0 Å². The fourth-order valence-corrected chi connectivity index (χ4v) is 2.03. The maximum absolute atomic E-state index is 5.72. The first kappa shape index (κ1) is 11.7. The standard InChI is InChI=1S/C12H23NO/c1-10(2)8-11(13-3)9-12-6-4-5-7-14-12/h11-13H,1,4-9H2,2-3H3. The van der Waals surface area contributed by atoms with Gasteiger partial charge in [0.15, 0.2) is 0 Å². The molecular weight excluding hydrogens is 174 g/mol. The smallest absolute Gasteiger partial charge is 0.0590 e. The van der Waals surface area contributed by atoms with Gasteiger partial charge in [-0.1, -0.05) is 5.57 Å². The number of rotatable bonds is 5. The first-order valence-corrected chi connectivity index (χ1v) is 5.65. The van der Waals surface area contributed by atoms with E-state index >= 15 is 0 Å². The Morgan fingerprint density at radius 3 is 2.86 bits per heavy atom. The van der Waals surface area contributed by atoms with Gasteiger partial charge in [0, 0.05) is 12.6 Å². The lowest BCUT2D eigenvalue weighted by atomic mass is 9.98. The average Bonchev–Trinajstić information content (AvgIpc) is 2.17. The van der Waals surface area contributed by atoms with E-state index in [0.717, 1.165) is 19.4 Å². The molecule has 0 radical (unpaired) electrons. The molecule has 2 nitrogen and oxygen atoms in total. The zero-order valence-corrected chi connectivity index (χ0v) is 9.51. The predicted octanol–water partition coefficient (Wildman–Crippen LogP) is 2.50. The summed E-state index contributed by atoms with van der Waals surface area (Å²) in [5, 5.41) is 3.34. The summed E-state index contributed by atoms with van der Waals surface area (Å²) in [4.78, 5) is 0. The van der Waals surface area contributed by atoms with Gasteiger partial charge in [-0.15, -0.1) is 6.58 Å². The normalized spacial score (nSPS) is 24.6. The van der Waals surface area contributed by atoms with Gasteiger partial charge < -0.3 is 10.1 Å². The Morgan fingerprint density at radius 2 is 2.36 bits per heavy atom. The van der Waals surface area contributed by atoms with Crippen molar-refractivity contribution in [2.24, 2.45) is 0 Å². The average molecular weight is 197 g/mol. The molecule has 2 heteroatoms. The number of hydrogen-bond acceptors (Lipinski definition) is 2. The molecule has 0 spiro atoms. The van der Waals surface area contributed by atoms with Gasteiger partial charge in [0.05, 0.1) is 6.10 Å². The van der Waals surface area contributed by atoms with Crippen LogP contribution < -0.4 is 5.32 Å². The highest BCUT2D eigenvalue weighted by atomic mass is 16.5. The zero-order chi connectivity index (χ0) is 10.4. The van der Waals surface area contributed by atoms with E-state index in [0.29, 0.717) is 12.1 Å². The van der Waals surface area contributed by atoms with E-state index in [1.165, 1.54) is 24.8 Å². The second-order valence-corrected chi connectivity index (χ2v) is 4.37. The third kappa shape index (κ3) is 4.25. The highest BCUT2D eigenvalue weighted by Gasteiger charge is 2.18. The SMILES string of the molecule is C=C(C)CC(CC1CCCCO1)NC. The zero-order valence-electron chi connectivity index (χ0n) is 9.51. The Balaban J connectivity index is 2.27. The second-order valence-electron chi connectivity index (χ2n) is 4.37. The topological polar surface area (TPSA) is 21.3 Å². The molecule has 1 heterocycles. The molecule has 0 aromatic rings. The molecule has 2 unspecified atom stereocenters. The molecule has 0 saturated carbocycles. The van der Waals surface area contributed by atoms with Crippen molar-refractivity contribution in [3.05, 3.63) is 12.2 Å². The van der Waals surface area contributed by atoms with E-state index < -0.39 is 0 Å². The summed E-state index contributed by atoms with van der Waals surface area (Å²) in [6.45, 7) is 7.00. The largest absolute Gasteiger partial charge is 0.378 e. The van der Waals surface area contributed by atoms with E-state index in [1.54, 1.807) is 0 Å².